The van der Waals surface area contributed by atoms with Gasteiger partial charge in [0.1, 0.15) is 11.6 Å². The number of nitriles is 1. The smallest absolute Gasteiger partial charge is 0.339 e. The Kier molecular flexibility index (Phi) is 13.8. The second-order valence-corrected chi connectivity index (χ2v) is 13.7. The van der Waals surface area contributed by atoms with Crippen LogP contribution < -0.4 is 36.1 Å². The van der Waals surface area contributed by atoms with Crippen LogP contribution in [0.2, 0.25) is 0 Å². The van der Waals surface area contributed by atoms with Gasteiger partial charge in [-0.15, -0.1) is 0 Å². The van der Waals surface area contributed by atoms with Gasteiger partial charge in [0.25, 0.3) is 23.6 Å². The number of carbonyl (C=O) groups excluding carboxylic acids is 5. The van der Waals surface area contributed by atoms with E-state index < -0.39 is 52.7 Å². The third kappa shape index (κ3) is 10.2. The maximum Gasteiger partial charge on any atom is 0.339 e. The molecule has 0 heterocycles. The van der Waals surface area contributed by atoms with E-state index in [1.807, 2.05) is 48.5 Å². The Morgan fingerprint density at radius 2 is 1.00 bits per heavy atom. The quantitative estimate of drug-likeness (QED) is 0.0525. The molecule has 322 valence electrons. The zero-order chi connectivity index (χ0) is 45.9. The second kappa shape index (κ2) is 19.9. The van der Waals surface area contributed by atoms with Gasteiger partial charge in [0.15, 0.2) is 23.0 Å². The molecular weight excluding hydrogens is 825 g/mol. The molecule has 6 aromatic carbocycles. The number of nitrogens with one attached hydrogen (secondary N) is 5. The summed E-state index contributed by atoms with van der Waals surface area (Å²) in [6.07, 6.45) is -0.359. The van der Waals surface area contributed by atoms with E-state index >= 15 is 0 Å². The highest BCUT2D eigenvalue weighted by atomic mass is 16.5. The summed E-state index contributed by atoms with van der Waals surface area (Å²) in [5.74, 6) is -6.63. The molecule has 0 spiro atoms. The SMILES string of the molecule is COc1c(NC(=O)c2ccc(NC(=O)c3ccc(NC(=O)[C@H](CC#N)NC(=O)c4ccc(NC(=O)c5ccc(-c6ccccc6)cc5)cc4)cc3)c(OC)c2O)ccc(C(=O)O)c1O. The molecule has 6 rings (SSSR count). The molecule has 1 atom stereocenters. The van der Waals surface area contributed by atoms with Gasteiger partial charge in [-0.3, -0.25) is 24.0 Å². The number of nitrogens with zero attached hydrogens (tertiary/aromatic N) is 1. The van der Waals surface area contributed by atoms with Crippen LogP contribution >= 0.6 is 0 Å². The van der Waals surface area contributed by atoms with Gasteiger partial charge in [-0.05, 0) is 96.1 Å². The predicted octanol–water partition coefficient (Wildman–Crippen LogP) is 6.89. The van der Waals surface area contributed by atoms with Crippen LogP contribution in [-0.4, -0.2) is 71.1 Å². The lowest BCUT2D eigenvalue weighted by Crippen LogP contribution is -2.43. The first-order valence-corrected chi connectivity index (χ1v) is 19.1. The van der Waals surface area contributed by atoms with Crippen molar-refractivity contribution in [3.05, 3.63) is 155 Å². The van der Waals surface area contributed by atoms with E-state index in [9.17, 15) is 49.3 Å². The van der Waals surface area contributed by atoms with Gasteiger partial charge in [0.2, 0.25) is 5.91 Å². The molecule has 64 heavy (non-hydrogen) atoms. The van der Waals surface area contributed by atoms with Crippen LogP contribution in [0, 0.1) is 11.3 Å². The third-order valence-electron chi connectivity index (χ3n) is 9.63. The van der Waals surface area contributed by atoms with Crippen LogP contribution in [0.4, 0.5) is 22.7 Å². The van der Waals surface area contributed by atoms with Crippen LogP contribution in [0.1, 0.15) is 58.2 Å². The number of phenols is 2. The summed E-state index contributed by atoms with van der Waals surface area (Å²) in [5, 5.41) is 52.9. The number of benzene rings is 6. The van der Waals surface area contributed by atoms with Crippen molar-refractivity contribution in [2.75, 3.05) is 35.5 Å². The van der Waals surface area contributed by atoms with Crippen molar-refractivity contribution < 1.29 is 53.6 Å². The molecule has 0 aliphatic rings. The van der Waals surface area contributed by atoms with Gasteiger partial charge in [-0.25, -0.2) is 4.79 Å². The van der Waals surface area contributed by atoms with E-state index in [-0.39, 0.29) is 57.6 Å². The fourth-order valence-corrected chi connectivity index (χ4v) is 6.32. The maximum absolute atomic E-state index is 13.2. The Hall–Kier alpha value is -9.17. The molecule has 0 saturated carbocycles. The number of ether oxygens (including phenoxy) is 2. The van der Waals surface area contributed by atoms with Crippen molar-refractivity contribution in [1.82, 2.24) is 5.32 Å². The number of methoxy groups -OCH3 is 2. The van der Waals surface area contributed by atoms with Crippen molar-refractivity contribution in [2.24, 2.45) is 0 Å². The summed E-state index contributed by atoms with van der Waals surface area (Å²) in [5.41, 5.74) is 2.51. The van der Waals surface area contributed by atoms with Gasteiger partial charge >= 0.3 is 5.97 Å². The molecule has 0 aromatic heterocycles. The van der Waals surface area contributed by atoms with Crippen LogP contribution in [0.25, 0.3) is 11.1 Å². The lowest BCUT2D eigenvalue weighted by Gasteiger charge is -2.17. The Bertz CT molecular complexity index is 2790. The molecule has 6 aromatic rings. The molecule has 0 bridgehead atoms. The average Bonchev–Trinajstić information content (AvgIpc) is 3.29. The fourth-order valence-electron chi connectivity index (χ4n) is 6.32. The Balaban J connectivity index is 1.04. The van der Waals surface area contributed by atoms with Crippen LogP contribution in [0.3, 0.4) is 0 Å². The molecule has 17 nitrogen and oxygen atoms in total. The molecule has 0 radical (unpaired) electrons. The molecule has 0 aliphatic heterocycles. The molecule has 8 N–H and O–H groups in total. The first kappa shape index (κ1) is 44.4. The number of aromatic hydroxyl groups is 2. The zero-order valence-electron chi connectivity index (χ0n) is 34.0. The minimum atomic E-state index is -1.42. The number of anilines is 4. The molecule has 0 fully saturated rings. The number of rotatable bonds is 15. The predicted molar refractivity (Wildman–Crippen MR) is 235 cm³/mol. The number of phenolic OH excluding ortho intramolecular Hbond substituents is 1. The van der Waals surface area contributed by atoms with E-state index in [1.54, 1.807) is 12.1 Å². The molecule has 0 aliphatic carbocycles. The van der Waals surface area contributed by atoms with Crippen LogP contribution in [0.15, 0.2) is 127 Å². The van der Waals surface area contributed by atoms with Crippen molar-refractivity contribution >= 4 is 58.3 Å². The van der Waals surface area contributed by atoms with Crippen molar-refractivity contribution in [3.8, 4) is 40.2 Å². The van der Waals surface area contributed by atoms with E-state index in [1.165, 1.54) is 73.8 Å². The minimum absolute atomic E-state index is 0.0144. The number of carboxylic acid groups (broad SMARTS) is 1. The van der Waals surface area contributed by atoms with E-state index in [2.05, 4.69) is 26.6 Å². The number of carboxylic acids is 1. The van der Waals surface area contributed by atoms with E-state index in [0.29, 0.717) is 11.3 Å². The lowest BCUT2D eigenvalue weighted by molar-refractivity contribution is -0.117. The second-order valence-electron chi connectivity index (χ2n) is 13.7. The van der Waals surface area contributed by atoms with Gasteiger partial charge in [0, 0.05) is 28.1 Å². The highest BCUT2D eigenvalue weighted by Gasteiger charge is 2.25. The van der Waals surface area contributed by atoms with Gasteiger partial charge in [0.05, 0.1) is 43.6 Å². The zero-order valence-corrected chi connectivity index (χ0v) is 34.0. The summed E-state index contributed by atoms with van der Waals surface area (Å²) in [6.45, 7) is 0. The normalized spacial score (nSPS) is 10.9. The number of carbonyl (C=O) groups is 6. The van der Waals surface area contributed by atoms with Crippen LogP contribution in [0.5, 0.6) is 23.0 Å². The monoisotopic (exact) mass is 862 g/mol. The molecule has 0 saturated heterocycles. The molecule has 5 amide bonds. The van der Waals surface area contributed by atoms with Crippen molar-refractivity contribution in [3.63, 3.8) is 0 Å². The lowest BCUT2D eigenvalue weighted by atomic mass is 10.0. The van der Waals surface area contributed by atoms with Crippen LogP contribution in [-0.2, 0) is 4.79 Å². The minimum Gasteiger partial charge on any atom is -0.504 e. The summed E-state index contributed by atoms with van der Waals surface area (Å²) in [7, 11) is 2.36. The average molecular weight is 863 g/mol. The standard InChI is InChI=1S/C47H38N6O11/c1-63-40-35(22-20-33(38(40)54)45(59)52-36-23-21-34(47(61)62)39(55)41(36)64-2)51-43(57)29-14-18-32(19-15-29)50-46(60)37(24-25-48)53-44(58)30-12-16-31(17-13-30)49-42(56)28-10-8-27(9-11-28)26-6-4-3-5-7-26/h3-23,37,54-55H,24H2,1-2H3,(H,49,56)(H,50,60)(H,51,57)(H,52,59)(H,53,58)(H,61,62)/t37-/m0/s1. The first-order chi connectivity index (χ1) is 30.8. The maximum atomic E-state index is 13.2. The van der Waals surface area contributed by atoms with E-state index in [4.69, 9.17) is 9.47 Å². The Morgan fingerprint density at radius 1 is 0.547 bits per heavy atom. The number of hydrogen-bond acceptors (Lipinski definition) is 11. The summed E-state index contributed by atoms with van der Waals surface area (Å²) in [6, 6.07) is 33.9. The Morgan fingerprint density at radius 3 is 1.53 bits per heavy atom. The highest BCUT2D eigenvalue weighted by Crippen LogP contribution is 2.40. The molecular formula is C47H38N6O11. The highest BCUT2D eigenvalue weighted by molar-refractivity contribution is 6.11. The van der Waals surface area contributed by atoms with Crippen molar-refractivity contribution in [1.29, 1.82) is 5.26 Å². The van der Waals surface area contributed by atoms with Gasteiger partial charge in [-0.1, -0.05) is 42.5 Å². The first-order valence-electron chi connectivity index (χ1n) is 19.1. The number of amides is 5. The van der Waals surface area contributed by atoms with Gasteiger partial charge in [-0.2, -0.15) is 5.26 Å². The number of aromatic carboxylic acids is 1. The molecule has 17 heteroatoms. The summed E-state index contributed by atoms with van der Waals surface area (Å²) >= 11 is 0. The summed E-state index contributed by atoms with van der Waals surface area (Å²) < 4.78 is 10.3. The Labute approximate surface area is 364 Å². The third-order valence-corrected chi connectivity index (χ3v) is 9.63. The number of hydrogen-bond donors (Lipinski definition) is 8. The van der Waals surface area contributed by atoms with E-state index in [0.717, 1.165) is 24.3 Å². The fraction of sp³-hybridized carbons (Fsp3) is 0.0851. The van der Waals surface area contributed by atoms with Crippen molar-refractivity contribution in [2.45, 2.75) is 12.5 Å². The molecule has 0 unspecified atom stereocenters. The topological polar surface area (TPSA) is 266 Å². The van der Waals surface area contributed by atoms with Gasteiger partial charge < -0.3 is 51.4 Å². The summed E-state index contributed by atoms with van der Waals surface area (Å²) in [4.78, 5) is 76.9. The largest absolute Gasteiger partial charge is 0.504 e.